The first-order valence-electron chi connectivity index (χ1n) is 8.69. The van der Waals surface area contributed by atoms with Gasteiger partial charge >= 0.3 is 0 Å². The highest BCUT2D eigenvalue weighted by Gasteiger charge is 2.33. The van der Waals surface area contributed by atoms with E-state index in [-0.39, 0.29) is 15.9 Å². The van der Waals surface area contributed by atoms with E-state index in [9.17, 15) is 31.2 Å². The van der Waals surface area contributed by atoms with Crippen molar-refractivity contribution in [2.24, 2.45) is 0 Å². The number of nitrogens with zero attached hydrogens (tertiary/aromatic N) is 1. The highest BCUT2D eigenvalue weighted by atomic mass is 32.2. The molecule has 0 aliphatic rings. The van der Waals surface area contributed by atoms with Gasteiger partial charge in [-0.15, -0.1) is 0 Å². The van der Waals surface area contributed by atoms with Crippen LogP contribution in [-0.2, 0) is 29.6 Å². The van der Waals surface area contributed by atoms with Crippen molar-refractivity contribution in [1.82, 2.24) is 4.48 Å². The van der Waals surface area contributed by atoms with E-state index >= 15 is 0 Å². The van der Waals surface area contributed by atoms with Gasteiger partial charge < -0.3 is 14.4 Å². The molecule has 0 bridgehead atoms. The van der Waals surface area contributed by atoms with Crippen LogP contribution in [0.1, 0.15) is 0 Å². The lowest BCUT2D eigenvalue weighted by Gasteiger charge is -2.34. The smallest absolute Gasteiger partial charge is 0.144 e. The van der Waals surface area contributed by atoms with Gasteiger partial charge in [-0.1, -0.05) is 18.2 Å². The molecule has 0 saturated carbocycles. The van der Waals surface area contributed by atoms with Crippen molar-refractivity contribution in [2.45, 2.75) is 14.7 Å². The normalized spacial score (nSPS) is 12.6. The Hall–Kier alpha value is -2.33. The number of rotatable bonds is 8. The Morgan fingerprint density at radius 1 is 0.750 bits per heavy atom. The van der Waals surface area contributed by atoms with Gasteiger partial charge in [-0.3, -0.25) is 5.04 Å². The van der Waals surface area contributed by atoms with Gasteiger partial charge in [0, 0.05) is 41.3 Å². The fourth-order valence-electron chi connectivity index (χ4n) is 3.15. The number of hydrogen-bond acceptors (Lipinski definition) is 10. The average molecular weight is 498 g/mol. The van der Waals surface area contributed by atoms with Crippen LogP contribution in [-0.4, -0.2) is 33.0 Å². The summed E-state index contributed by atoms with van der Waals surface area (Å²) >= 11 is 0.619. The molecule has 0 spiro atoms. The topological polar surface area (TPSA) is 156 Å². The summed E-state index contributed by atoms with van der Waals surface area (Å²) in [6, 6.07) is 16.9. The first kappa shape index (κ1) is 24.3. The van der Waals surface area contributed by atoms with Gasteiger partial charge in [-0.25, -0.2) is 21.3 Å². The molecule has 0 heterocycles. The molecule has 0 fully saturated rings. The molecule has 0 N–H and O–H groups in total. The van der Waals surface area contributed by atoms with Crippen molar-refractivity contribution in [3.63, 3.8) is 0 Å². The van der Waals surface area contributed by atoms with Crippen LogP contribution in [0, 0.1) is 0 Å². The van der Waals surface area contributed by atoms with E-state index in [4.69, 9.17) is 0 Å². The van der Waals surface area contributed by atoms with Gasteiger partial charge in [0.15, 0.2) is 0 Å². The molecule has 3 aromatic rings. The zero-order valence-corrected chi connectivity index (χ0v) is 18.7. The lowest BCUT2D eigenvalue weighted by molar-refractivity contribution is -0.777. The Labute approximate surface area is 188 Å². The molecule has 0 aliphatic heterocycles. The van der Waals surface area contributed by atoms with E-state index in [1.54, 1.807) is 43.4 Å². The maximum absolute atomic E-state index is 11.6. The molecule has 0 saturated heterocycles. The number of hydrogen-bond donors (Lipinski definition) is 0. The van der Waals surface area contributed by atoms with Gasteiger partial charge in [-0.2, -0.15) is 4.33 Å². The minimum absolute atomic E-state index is 0.283. The maximum Gasteiger partial charge on any atom is 0.144 e. The summed E-state index contributed by atoms with van der Waals surface area (Å²) in [5.74, 6) is 0. The van der Waals surface area contributed by atoms with Gasteiger partial charge in [0.25, 0.3) is 0 Å². The summed E-state index contributed by atoms with van der Waals surface area (Å²) in [7, 11) is -7.95. The zero-order chi connectivity index (χ0) is 23.6. The fourth-order valence-corrected chi connectivity index (χ4v) is 4.58. The van der Waals surface area contributed by atoms with Crippen LogP contribution in [0.3, 0.4) is 0 Å². The molecule has 170 valence electrons. The molecule has 10 nitrogen and oxygen atoms in total. The SMILES string of the molecule is C[N+](c1cccc(SOO[O-])c1)(c1cccc(S(=O)(=O)[O-])c1)c1cccc(S(=O)(=O)[O-])c1. The molecule has 0 radical (unpaired) electrons. The highest BCUT2D eigenvalue weighted by molar-refractivity contribution is 7.94. The van der Waals surface area contributed by atoms with E-state index in [0.717, 1.165) is 24.3 Å². The van der Waals surface area contributed by atoms with Crippen LogP contribution in [0.25, 0.3) is 0 Å². The van der Waals surface area contributed by atoms with Crippen molar-refractivity contribution >= 4 is 49.3 Å². The molecule has 3 aromatic carbocycles. The predicted octanol–water partition coefficient (Wildman–Crippen LogP) is 2.33. The third-order valence-electron chi connectivity index (χ3n) is 4.74. The van der Waals surface area contributed by atoms with Crippen molar-refractivity contribution in [3.8, 4) is 0 Å². The fraction of sp³-hybridized carbons (Fsp3) is 0.0526. The Morgan fingerprint density at radius 3 is 1.62 bits per heavy atom. The van der Waals surface area contributed by atoms with E-state index < -0.39 is 30.0 Å². The van der Waals surface area contributed by atoms with Crippen LogP contribution >= 0.6 is 12.0 Å². The quantitative estimate of drug-likeness (QED) is 0.149. The van der Waals surface area contributed by atoms with Gasteiger partial charge in [0.05, 0.1) is 28.9 Å². The first-order valence-corrected chi connectivity index (χ1v) is 12.3. The van der Waals surface area contributed by atoms with Crippen LogP contribution in [0.5, 0.6) is 0 Å². The average Bonchev–Trinajstić information content (AvgIpc) is 2.76. The van der Waals surface area contributed by atoms with Gasteiger partial charge in [0.2, 0.25) is 0 Å². The van der Waals surface area contributed by atoms with E-state index in [1.165, 1.54) is 12.1 Å². The van der Waals surface area contributed by atoms with Crippen molar-refractivity contribution < 1.29 is 40.6 Å². The number of benzene rings is 3. The lowest BCUT2D eigenvalue weighted by atomic mass is 10.1. The largest absolute Gasteiger partial charge is 0.744 e. The summed E-state index contributed by atoms with van der Waals surface area (Å²) in [6.07, 6.45) is 0. The van der Waals surface area contributed by atoms with E-state index in [1.807, 2.05) is 0 Å². The van der Waals surface area contributed by atoms with Crippen LogP contribution < -0.4 is 9.74 Å². The van der Waals surface area contributed by atoms with Crippen molar-refractivity contribution in [3.05, 3.63) is 72.8 Å². The Balaban J connectivity index is 2.30. The second-order valence-electron chi connectivity index (χ2n) is 6.63. The molecule has 0 aliphatic carbocycles. The Morgan fingerprint density at radius 2 is 1.19 bits per heavy atom. The molecule has 0 atom stereocenters. The molecule has 0 amide bonds. The summed E-state index contributed by atoms with van der Waals surface area (Å²) in [5.41, 5.74) is 1.03. The van der Waals surface area contributed by atoms with Crippen LogP contribution in [0.15, 0.2) is 87.5 Å². The first-order chi connectivity index (χ1) is 15.0. The third-order valence-corrected chi connectivity index (χ3v) is 6.97. The summed E-state index contributed by atoms with van der Waals surface area (Å²) in [5, 5.41) is 13.5. The summed E-state index contributed by atoms with van der Waals surface area (Å²) < 4.78 is 73.6. The molecular formula is C19H15NO9S3-2. The van der Waals surface area contributed by atoms with Crippen molar-refractivity contribution in [2.75, 3.05) is 7.05 Å². The Bertz CT molecular complexity index is 1270. The van der Waals surface area contributed by atoms with Crippen LogP contribution in [0.4, 0.5) is 17.1 Å². The standard InChI is InChI=1S/C19H17NO9S3/c1-20(14-5-2-8-17(11-14)30-29-28-21,15-6-3-9-18(12-15)31(22,23)24)16-7-4-10-19(13-16)32(25,26)27/h2-13H,1H3,(H2-,21,22,23,24,25,26,27)/p-2. The van der Waals surface area contributed by atoms with E-state index in [0.29, 0.717) is 22.6 Å². The molecular weight excluding hydrogens is 482 g/mol. The van der Waals surface area contributed by atoms with Crippen LogP contribution in [0.2, 0.25) is 0 Å². The molecule has 13 heteroatoms. The number of quaternary nitrogens is 1. The highest BCUT2D eigenvalue weighted by Crippen LogP contribution is 2.44. The van der Waals surface area contributed by atoms with E-state index in [2.05, 4.69) is 9.37 Å². The zero-order valence-electron chi connectivity index (χ0n) is 16.3. The second kappa shape index (κ2) is 9.27. The Kier molecular flexibility index (Phi) is 7.04. The molecule has 0 unspecified atom stereocenters. The predicted molar refractivity (Wildman–Crippen MR) is 110 cm³/mol. The lowest BCUT2D eigenvalue weighted by Crippen LogP contribution is -2.34. The van der Waals surface area contributed by atoms with Gasteiger partial charge in [-0.05, 0) is 18.2 Å². The third kappa shape index (κ3) is 5.17. The molecule has 3 rings (SSSR count). The summed E-state index contributed by atoms with van der Waals surface area (Å²) in [6.45, 7) is 0. The van der Waals surface area contributed by atoms with Gasteiger partial charge in [0.1, 0.15) is 37.3 Å². The minimum Gasteiger partial charge on any atom is -0.744 e. The molecule has 0 aromatic heterocycles. The molecule has 32 heavy (non-hydrogen) atoms. The summed E-state index contributed by atoms with van der Waals surface area (Å²) in [4.78, 5) is -0.538. The minimum atomic E-state index is -4.78. The maximum atomic E-state index is 11.6. The second-order valence-corrected chi connectivity index (χ2v) is 10.2. The van der Waals surface area contributed by atoms with Crippen molar-refractivity contribution in [1.29, 1.82) is 0 Å². The monoisotopic (exact) mass is 497 g/mol.